The summed E-state index contributed by atoms with van der Waals surface area (Å²) < 4.78 is 22.5. The molecule has 4 aromatic rings. The van der Waals surface area contributed by atoms with Crippen LogP contribution in [0, 0.1) is 0 Å². The summed E-state index contributed by atoms with van der Waals surface area (Å²) in [5.41, 5.74) is 1.55. The molecule has 0 spiro atoms. The number of alkyl halides is 1. The Balaban J connectivity index is 1.71. The average molecular weight is 542 g/mol. The van der Waals surface area contributed by atoms with Crippen LogP contribution in [-0.2, 0) is 4.74 Å². The molecule has 5 rings (SSSR count). The minimum Gasteiger partial charge on any atom is -0.443 e. The summed E-state index contributed by atoms with van der Waals surface area (Å²) in [5.74, 6) is -0.163. The first kappa shape index (κ1) is 25.9. The monoisotopic (exact) mass is 541 g/mol. The second-order valence-corrected chi connectivity index (χ2v) is 11.2. The Morgan fingerprint density at radius 2 is 1.95 bits per heavy atom. The van der Waals surface area contributed by atoms with Crippen LogP contribution in [0.15, 0.2) is 30.7 Å². The lowest BCUT2D eigenvalue weighted by Gasteiger charge is -2.25. The van der Waals surface area contributed by atoms with E-state index in [2.05, 4.69) is 15.4 Å². The summed E-state index contributed by atoms with van der Waals surface area (Å²) in [6.07, 6.45) is 3.48. The van der Waals surface area contributed by atoms with Gasteiger partial charge in [-0.05, 0) is 40.7 Å². The Morgan fingerprint density at radius 3 is 2.58 bits per heavy atom. The molecule has 1 saturated carbocycles. The number of hydrogen-bond donors (Lipinski definition) is 1. The number of rotatable bonds is 5. The van der Waals surface area contributed by atoms with E-state index < -0.39 is 29.8 Å². The van der Waals surface area contributed by atoms with Crippen molar-refractivity contribution in [3.63, 3.8) is 0 Å². The molecule has 0 aliphatic heterocycles. The molecule has 0 aromatic carbocycles. The first-order valence-corrected chi connectivity index (χ1v) is 12.7. The number of fused-ring (bicyclic) bond motifs is 2. The largest absolute Gasteiger partial charge is 0.443 e. The Bertz CT molecular complexity index is 1570. The van der Waals surface area contributed by atoms with Gasteiger partial charge in [0.25, 0.3) is 5.91 Å². The van der Waals surface area contributed by atoms with Crippen molar-refractivity contribution >= 4 is 46.1 Å². The SMILES string of the molecule is CC(C)n1cc(-c2cc(N(C)C(=O)OC(C)(C)C)n3ncc(C(=O)N[C@@H]4C[C@@H]4F)c3n2)c2cc(Cl)cnc21. The summed E-state index contributed by atoms with van der Waals surface area (Å²) >= 11 is 6.30. The zero-order valence-corrected chi connectivity index (χ0v) is 22.7. The number of anilines is 1. The lowest BCUT2D eigenvalue weighted by molar-refractivity contribution is 0.0587. The molecule has 1 aliphatic rings. The molecular formula is C26H29ClFN7O3. The van der Waals surface area contributed by atoms with Crippen molar-refractivity contribution < 1.29 is 18.7 Å². The maximum atomic E-state index is 13.5. The maximum absolute atomic E-state index is 13.5. The molecule has 0 saturated heterocycles. The molecule has 0 radical (unpaired) electrons. The van der Waals surface area contributed by atoms with Gasteiger partial charge in [-0.1, -0.05) is 11.6 Å². The summed E-state index contributed by atoms with van der Waals surface area (Å²) in [4.78, 5) is 36.6. The van der Waals surface area contributed by atoms with Crippen LogP contribution in [0.3, 0.4) is 0 Å². The number of hydrogen-bond acceptors (Lipinski definition) is 6. The number of amides is 2. The van der Waals surface area contributed by atoms with Crippen molar-refractivity contribution in [3.05, 3.63) is 41.3 Å². The van der Waals surface area contributed by atoms with Gasteiger partial charge in [0.15, 0.2) is 5.65 Å². The molecule has 200 valence electrons. The number of nitrogens with one attached hydrogen (secondary N) is 1. The fourth-order valence-corrected chi connectivity index (χ4v) is 4.33. The van der Waals surface area contributed by atoms with E-state index in [0.717, 1.165) is 11.0 Å². The highest BCUT2D eigenvalue weighted by atomic mass is 35.5. The van der Waals surface area contributed by atoms with E-state index in [4.69, 9.17) is 21.3 Å². The molecule has 1 aliphatic carbocycles. The third-order valence-electron chi connectivity index (χ3n) is 6.21. The highest BCUT2D eigenvalue weighted by Crippen LogP contribution is 2.35. The van der Waals surface area contributed by atoms with Gasteiger partial charge < -0.3 is 14.6 Å². The second-order valence-electron chi connectivity index (χ2n) is 10.7. The first-order chi connectivity index (χ1) is 17.8. The fourth-order valence-electron chi connectivity index (χ4n) is 4.17. The molecule has 2 atom stereocenters. The van der Waals surface area contributed by atoms with E-state index >= 15 is 0 Å². The molecule has 0 bridgehead atoms. The van der Waals surface area contributed by atoms with Crippen LogP contribution >= 0.6 is 11.6 Å². The summed E-state index contributed by atoms with van der Waals surface area (Å²) in [7, 11) is 1.56. The van der Waals surface area contributed by atoms with Gasteiger partial charge in [0.05, 0.1) is 23.0 Å². The number of ether oxygens (including phenoxy) is 1. The van der Waals surface area contributed by atoms with E-state index in [0.29, 0.717) is 22.1 Å². The smallest absolute Gasteiger partial charge is 0.415 e. The first-order valence-electron chi connectivity index (χ1n) is 12.3. The zero-order valence-electron chi connectivity index (χ0n) is 22.0. The van der Waals surface area contributed by atoms with E-state index in [1.165, 1.54) is 15.6 Å². The van der Waals surface area contributed by atoms with E-state index in [1.807, 2.05) is 24.6 Å². The van der Waals surface area contributed by atoms with Crippen molar-refractivity contribution in [2.45, 2.75) is 64.9 Å². The van der Waals surface area contributed by atoms with Crippen LogP contribution in [0.4, 0.5) is 15.0 Å². The Kier molecular flexibility index (Phi) is 6.29. The predicted molar refractivity (Wildman–Crippen MR) is 143 cm³/mol. The molecule has 10 nitrogen and oxygen atoms in total. The number of halogens is 2. The average Bonchev–Trinajstić information content (AvgIpc) is 3.21. The highest BCUT2D eigenvalue weighted by Gasteiger charge is 2.39. The van der Waals surface area contributed by atoms with Gasteiger partial charge in [0.1, 0.15) is 28.8 Å². The summed E-state index contributed by atoms with van der Waals surface area (Å²) in [5, 5.41) is 8.24. The van der Waals surface area contributed by atoms with E-state index in [9.17, 15) is 14.0 Å². The lowest BCUT2D eigenvalue weighted by atomic mass is 10.1. The number of carbonyl (C=O) groups excluding carboxylic acids is 2. The number of pyridine rings is 1. The van der Waals surface area contributed by atoms with Crippen LogP contribution in [0.1, 0.15) is 57.4 Å². The molecule has 4 aromatic heterocycles. The van der Waals surface area contributed by atoms with Gasteiger partial charge in [0.2, 0.25) is 0 Å². The van der Waals surface area contributed by atoms with Gasteiger partial charge in [-0.2, -0.15) is 9.61 Å². The van der Waals surface area contributed by atoms with Crippen LogP contribution in [-0.4, -0.2) is 61.0 Å². The topological polar surface area (TPSA) is 107 Å². The van der Waals surface area contributed by atoms with Crippen LogP contribution in [0.2, 0.25) is 5.02 Å². The summed E-state index contributed by atoms with van der Waals surface area (Å²) in [6, 6.07) is 3.07. The van der Waals surface area contributed by atoms with Crippen molar-refractivity contribution in [2.75, 3.05) is 11.9 Å². The number of aromatic nitrogens is 5. The molecule has 12 heteroatoms. The van der Waals surface area contributed by atoms with Gasteiger partial charge in [-0.25, -0.2) is 19.2 Å². The molecule has 38 heavy (non-hydrogen) atoms. The third kappa shape index (κ3) is 4.78. The van der Waals surface area contributed by atoms with E-state index in [1.54, 1.807) is 46.1 Å². The summed E-state index contributed by atoms with van der Waals surface area (Å²) in [6.45, 7) is 9.39. The highest BCUT2D eigenvalue weighted by molar-refractivity contribution is 6.31. The van der Waals surface area contributed by atoms with Crippen molar-refractivity contribution in [3.8, 4) is 11.3 Å². The van der Waals surface area contributed by atoms with Crippen LogP contribution in [0.25, 0.3) is 27.9 Å². The van der Waals surface area contributed by atoms with Crippen LogP contribution < -0.4 is 10.2 Å². The molecule has 1 fully saturated rings. The van der Waals surface area contributed by atoms with Crippen molar-refractivity contribution in [1.82, 2.24) is 29.5 Å². The van der Waals surface area contributed by atoms with Gasteiger partial charge >= 0.3 is 6.09 Å². The standard InChI is InChI=1S/C26H29ClFN7O3/c1-13(2)34-12-17(15-7-14(27)10-29-22(15)34)19-9-21(33(6)25(37)38-26(3,4)5)35-23(31-19)16(11-30-35)24(36)32-20-8-18(20)28/h7,9-13,18,20H,8H2,1-6H3,(H,32,36)/t18-,20+/m0/s1. The van der Waals surface area contributed by atoms with Crippen molar-refractivity contribution in [1.29, 1.82) is 0 Å². The van der Waals surface area contributed by atoms with Gasteiger partial charge in [-0.3, -0.25) is 9.69 Å². The Morgan fingerprint density at radius 1 is 1.24 bits per heavy atom. The number of carbonyl (C=O) groups is 2. The lowest BCUT2D eigenvalue weighted by Crippen LogP contribution is -2.35. The molecule has 2 amide bonds. The fraction of sp³-hybridized carbons (Fsp3) is 0.423. The maximum Gasteiger partial charge on any atom is 0.415 e. The van der Waals surface area contributed by atoms with Crippen molar-refractivity contribution in [2.24, 2.45) is 0 Å². The molecular weight excluding hydrogens is 513 g/mol. The zero-order chi connectivity index (χ0) is 27.5. The predicted octanol–water partition coefficient (Wildman–Crippen LogP) is 5.19. The Labute approximate surface area is 223 Å². The third-order valence-corrected chi connectivity index (χ3v) is 6.41. The Hall–Kier alpha value is -3.73. The van der Waals surface area contributed by atoms with E-state index in [-0.39, 0.29) is 23.7 Å². The minimum atomic E-state index is -1.06. The number of nitrogens with zero attached hydrogens (tertiary/aromatic N) is 6. The minimum absolute atomic E-state index is 0.0936. The van der Waals surface area contributed by atoms with Gasteiger partial charge in [-0.15, -0.1) is 0 Å². The molecule has 0 unspecified atom stereocenters. The quantitative estimate of drug-likeness (QED) is 0.372. The molecule has 1 N–H and O–H groups in total. The van der Waals surface area contributed by atoms with Gasteiger partial charge in [0, 0.05) is 48.9 Å². The normalized spacial score (nSPS) is 17.3. The van der Waals surface area contributed by atoms with Crippen LogP contribution in [0.5, 0.6) is 0 Å². The second kappa shape index (κ2) is 9.23. The molecule has 4 heterocycles.